The molecule has 1 aliphatic heterocycles. The number of rotatable bonds is 5. The van der Waals surface area contributed by atoms with Gasteiger partial charge in [0.1, 0.15) is 0 Å². The molecule has 0 aliphatic carbocycles. The van der Waals surface area contributed by atoms with Crippen LogP contribution in [0, 0.1) is 6.92 Å². The first kappa shape index (κ1) is 14.1. The van der Waals surface area contributed by atoms with Crippen molar-refractivity contribution in [1.29, 1.82) is 0 Å². The van der Waals surface area contributed by atoms with E-state index in [0.29, 0.717) is 12.5 Å². The topological polar surface area (TPSA) is 32.3 Å². The minimum atomic E-state index is 0.289. The van der Waals surface area contributed by atoms with Crippen LogP contribution in [0.4, 0.5) is 0 Å². The fourth-order valence-electron chi connectivity index (χ4n) is 2.69. The number of amides is 1. The van der Waals surface area contributed by atoms with E-state index in [1.54, 1.807) is 0 Å². The van der Waals surface area contributed by atoms with Crippen molar-refractivity contribution in [3.63, 3.8) is 0 Å². The van der Waals surface area contributed by atoms with Gasteiger partial charge in [-0.15, -0.1) is 0 Å². The number of carbonyl (C=O) groups excluding carboxylic acids is 1. The first-order chi connectivity index (χ1) is 9.20. The molecule has 104 valence electrons. The number of carbonyl (C=O) groups is 1. The van der Waals surface area contributed by atoms with Crippen molar-refractivity contribution in [2.45, 2.75) is 39.2 Å². The molecule has 0 bridgehead atoms. The Morgan fingerprint density at radius 3 is 2.68 bits per heavy atom. The van der Waals surface area contributed by atoms with E-state index in [9.17, 15) is 4.79 Å². The third-order valence-electron chi connectivity index (χ3n) is 3.88. The molecule has 19 heavy (non-hydrogen) atoms. The molecule has 3 nitrogen and oxygen atoms in total. The van der Waals surface area contributed by atoms with Crippen LogP contribution in [0.2, 0.25) is 0 Å². The minimum absolute atomic E-state index is 0.289. The lowest BCUT2D eigenvalue weighted by Crippen LogP contribution is -2.41. The van der Waals surface area contributed by atoms with Crippen LogP contribution in [-0.4, -0.2) is 36.5 Å². The van der Waals surface area contributed by atoms with Crippen molar-refractivity contribution in [3.05, 3.63) is 35.4 Å². The Hall–Kier alpha value is -1.35. The van der Waals surface area contributed by atoms with Gasteiger partial charge in [-0.3, -0.25) is 4.79 Å². The molecule has 0 saturated carbocycles. The number of aryl methyl sites for hydroxylation is 2. The summed E-state index contributed by atoms with van der Waals surface area (Å²) in [7, 11) is 0. The lowest BCUT2D eigenvalue weighted by Gasteiger charge is -2.27. The zero-order valence-corrected chi connectivity index (χ0v) is 12.0. The van der Waals surface area contributed by atoms with Crippen molar-refractivity contribution < 1.29 is 4.79 Å². The third-order valence-corrected chi connectivity index (χ3v) is 3.88. The van der Waals surface area contributed by atoms with E-state index >= 15 is 0 Å². The van der Waals surface area contributed by atoms with Gasteiger partial charge in [0.05, 0.1) is 0 Å². The molecular weight excluding hydrogens is 236 g/mol. The number of likely N-dealkylation sites (N-methyl/N-ethyl adjacent to an activating group) is 1. The standard InChI is InChI=1S/C16H24N2O/c1-3-18(15-10-11-17-12-15)16(19)9-8-14-6-4-13(2)5-7-14/h4-7,15,17H,3,8-12H2,1-2H3. The summed E-state index contributed by atoms with van der Waals surface area (Å²) < 4.78 is 0. The molecule has 1 fully saturated rings. The quantitative estimate of drug-likeness (QED) is 0.879. The second kappa shape index (κ2) is 6.71. The fraction of sp³-hybridized carbons (Fsp3) is 0.562. The van der Waals surface area contributed by atoms with Crippen LogP contribution < -0.4 is 5.32 Å². The zero-order valence-electron chi connectivity index (χ0n) is 12.0. The molecule has 1 N–H and O–H groups in total. The average molecular weight is 260 g/mol. The van der Waals surface area contributed by atoms with Gasteiger partial charge >= 0.3 is 0 Å². The van der Waals surface area contributed by atoms with Gasteiger partial charge in [-0.05, 0) is 38.8 Å². The highest BCUT2D eigenvalue weighted by molar-refractivity contribution is 5.76. The van der Waals surface area contributed by atoms with E-state index in [1.165, 1.54) is 11.1 Å². The maximum absolute atomic E-state index is 12.3. The van der Waals surface area contributed by atoms with Crippen LogP contribution in [0.25, 0.3) is 0 Å². The minimum Gasteiger partial charge on any atom is -0.339 e. The largest absolute Gasteiger partial charge is 0.339 e. The number of hydrogen-bond donors (Lipinski definition) is 1. The molecule has 1 atom stereocenters. The highest BCUT2D eigenvalue weighted by atomic mass is 16.2. The summed E-state index contributed by atoms with van der Waals surface area (Å²) in [5.41, 5.74) is 2.52. The van der Waals surface area contributed by atoms with Crippen molar-refractivity contribution >= 4 is 5.91 Å². The molecule has 0 spiro atoms. The monoisotopic (exact) mass is 260 g/mol. The van der Waals surface area contributed by atoms with Crippen LogP contribution in [0.5, 0.6) is 0 Å². The van der Waals surface area contributed by atoms with E-state index < -0.39 is 0 Å². The van der Waals surface area contributed by atoms with Gasteiger partial charge in [-0.25, -0.2) is 0 Å². The highest BCUT2D eigenvalue weighted by Crippen LogP contribution is 2.12. The molecule has 3 heteroatoms. The first-order valence-corrected chi connectivity index (χ1v) is 7.26. The van der Waals surface area contributed by atoms with E-state index in [4.69, 9.17) is 0 Å². The van der Waals surface area contributed by atoms with Gasteiger partial charge in [0.2, 0.25) is 5.91 Å². The normalized spacial score (nSPS) is 18.5. The number of nitrogens with zero attached hydrogens (tertiary/aromatic N) is 1. The van der Waals surface area contributed by atoms with E-state index in [-0.39, 0.29) is 5.91 Å². The lowest BCUT2D eigenvalue weighted by atomic mass is 10.1. The maximum atomic E-state index is 12.3. The van der Waals surface area contributed by atoms with Gasteiger partial charge < -0.3 is 10.2 Å². The Bertz CT molecular complexity index is 407. The van der Waals surface area contributed by atoms with Crippen molar-refractivity contribution in [3.8, 4) is 0 Å². The first-order valence-electron chi connectivity index (χ1n) is 7.26. The lowest BCUT2D eigenvalue weighted by molar-refractivity contribution is -0.132. The second-order valence-corrected chi connectivity index (χ2v) is 5.31. The molecule has 1 unspecified atom stereocenters. The van der Waals surface area contributed by atoms with Crippen LogP contribution >= 0.6 is 0 Å². The predicted molar refractivity (Wildman–Crippen MR) is 78.2 cm³/mol. The third kappa shape index (κ3) is 3.80. The van der Waals surface area contributed by atoms with Crippen molar-refractivity contribution in [1.82, 2.24) is 10.2 Å². The Morgan fingerprint density at radius 1 is 1.37 bits per heavy atom. The zero-order chi connectivity index (χ0) is 13.7. The molecule has 1 aromatic rings. The highest BCUT2D eigenvalue weighted by Gasteiger charge is 2.24. The number of hydrogen-bond acceptors (Lipinski definition) is 2. The summed E-state index contributed by atoms with van der Waals surface area (Å²) in [6.45, 7) is 6.96. The second-order valence-electron chi connectivity index (χ2n) is 5.31. The van der Waals surface area contributed by atoms with E-state index in [0.717, 1.165) is 32.5 Å². The van der Waals surface area contributed by atoms with Gasteiger partial charge in [0, 0.05) is 25.6 Å². The molecule has 0 radical (unpaired) electrons. The predicted octanol–water partition coefficient (Wildman–Crippen LogP) is 2.14. The molecule has 1 aromatic carbocycles. The smallest absolute Gasteiger partial charge is 0.223 e. The van der Waals surface area contributed by atoms with Gasteiger partial charge in [-0.2, -0.15) is 0 Å². The summed E-state index contributed by atoms with van der Waals surface area (Å²) in [4.78, 5) is 14.3. The average Bonchev–Trinajstić information content (AvgIpc) is 2.93. The Balaban J connectivity index is 1.86. The summed E-state index contributed by atoms with van der Waals surface area (Å²) in [5, 5.41) is 3.33. The SMILES string of the molecule is CCN(C(=O)CCc1ccc(C)cc1)C1CCNC1. The molecule has 1 heterocycles. The van der Waals surface area contributed by atoms with Crippen molar-refractivity contribution in [2.24, 2.45) is 0 Å². The van der Waals surface area contributed by atoms with E-state index in [2.05, 4.69) is 43.4 Å². The van der Waals surface area contributed by atoms with Crippen LogP contribution in [0.15, 0.2) is 24.3 Å². The fourth-order valence-corrected chi connectivity index (χ4v) is 2.69. The summed E-state index contributed by atoms with van der Waals surface area (Å²) in [6, 6.07) is 8.86. The molecule has 0 aromatic heterocycles. The molecule has 2 rings (SSSR count). The van der Waals surface area contributed by atoms with Crippen molar-refractivity contribution in [2.75, 3.05) is 19.6 Å². The Morgan fingerprint density at radius 2 is 2.11 bits per heavy atom. The number of benzene rings is 1. The molecule has 1 aliphatic rings. The van der Waals surface area contributed by atoms with Crippen LogP contribution in [0.1, 0.15) is 30.9 Å². The summed E-state index contributed by atoms with van der Waals surface area (Å²) in [6.07, 6.45) is 2.55. The Kier molecular flexibility index (Phi) is 4.97. The van der Waals surface area contributed by atoms with Crippen LogP contribution in [0.3, 0.4) is 0 Å². The Labute approximate surface area is 116 Å². The molecule has 1 saturated heterocycles. The number of nitrogens with one attached hydrogen (secondary N) is 1. The summed E-state index contributed by atoms with van der Waals surface area (Å²) >= 11 is 0. The molecule has 1 amide bonds. The maximum Gasteiger partial charge on any atom is 0.223 e. The van der Waals surface area contributed by atoms with E-state index in [1.807, 2.05) is 4.90 Å². The van der Waals surface area contributed by atoms with Crippen LogP contribution in [-0.2, 0) is 11.2 Å². The molecular formula is C16H24N2O. The summed E-state index contributed by atoms with van der Waals surface area (Å²) in [5.74, 6) is 0.289. The van der Waals surface area contributed by atoms with Gasteiger partial charge in [0.25, 0.3) is 0 Å². The van der Waals surface area contributed by atoms with Gasteiger partial charge in [0.15, 0.2) is 0 Å². The van der Waals surface area contributed by atoms with Gasteiger partial charge in [-0.1, -0.05) is 29.8 Å².